The SMILES string of the molecule is COC(=O)c1ccc(Cn2ccc3cc(N4C[C@@H](C)N(CS)[C@@H](C)C4)cnc32)cc1. The lowest BCUT2D eigenvalue weighted by atomic mass is 10.1. The van der Waals surface area contributed by atoms with Crippen LogP contribution in [0.5, 0.6) is 0 Å². The van der Waals surface area contributed by atoms with Crippen LogP contribution in [0.25, 0.3) is 11.0 Å². The minimum absolute atomic E-state index is 0.319. The summed E-state index contributed by atoms with van der Waals surface area (Å²) < 4.78 is 6.90. The van der Waals surface area contributed by atoms with E-state index in [-0.39, 0.29) is 5.97 Å². The van der Waals surface area contributed by atoms with Gasteiger partial charge < -0.3 is 14.2 Å². The number of aromatic nitrogens is 2. The number of piperazine rings is 1. The third-order valence-corrected chi connectivity index (χ3v) is 6.27. The lowest BCUT2D eigenvalue weighted by molar-refractivity contribution is 0.0600. The highest BCUT2D eigenvalue weighted by atomic mass is 32.1. The summed E-state index contributed by atoms with van der Waals surface area (Å²) in [7, 11) is 1.39. The summed E-state index contributed by atoms with van der Waals surface area (Å²) in [6, 6.07) is 12.8. The Bertz CT molecular complexity index is 1020. The third-order valence-electron chi connectivity index (χ3n) is 5.94. The molecule has 0 unspecified atom stereocenters. The fraction of sp³-hybridized carbons (Fsp3) is 0.391. The molecule has 0 saturated carbocycles. The standard InChI is InChI=1S/C23H28N4O2S/c1-16-12-26(13-17(2)27(16)15-30)21-10-20-8-9-25(22(20)24-11-21)14-18-4-6-19(7-5-18)23(28)29-3/h4-11,16-17,30H,12-15H2,1-3H3/t16-,17+. The molecular formula is C23H28N4O2S. The van der Waals surface area contributed by atoms with Crippen LogP contribution in [0.1, 0.15) is 29.8 Å². The van der Waals surface area contributed by atoms with Gasteiger partial charge in [0.15, 0.2) is 0 Å². The highest BCUT2D eigenvalue weighted by molar-refractivity contribution is 7.80. The molecular weight excluding hydrogens is 396 g/mol. The van der Waals surface area contributed by atoms with Gasteiger partial charge in [0.1, 0.15) is 5.65 Å². The van der Waals surface area contributed by atoms with E-state index < -0.39 is 0 Å². The molecule has 0 amide bonds. The molecule has 158 valence electrons. The average Bonchev–Trinajstić information content (AvgIpc) is 3.15. The number of nitrogens with zero attached hydrogens (tertiary/aromatic N) is 4. The lowest BCUT2D eigenvalue weighted by Gasteiger charge is -2.44. The highest BCUT2D eigenvalue weighted by Gasteiger charge is 2.28. The van der Waals surface area contributed by atoms with Gasteiger partial charge in [-0.2, -0.15) is 12.6 Å². The largest absolute Gasteiger partial charge is 0.465 e. The Morgan fingerprint density at radius 2 is 1.87 bits per heavy atom. The van der Waals surface area contributed by atoms with Crippen LogP contribution in [-0.4, -0.2) is 58.6 Å². The molecule has 7 heteroatoms. The van der Waals surface area contributed by atoms with E-state index in [1.54, 1.807) is 12.1 Å². The molecule has 0 bridgehead atoms. The lowest BCUT2D eigenvalue weighted by Crippen LogP contribution is -2.56. The molecule has 1 aromatic carbocycles. The molecule has 3 aromatic rings. The number of carbonyl (C=O) groups excluding carboxylic acids is 1. The van der Waals surface area contributed by atoms with Gasteiger partial charge in [-0.1, -0.05) is 12.1 Å². The van der Waals surface area contributed by atoms with Crippen molar-refractivity contribution in [2.75, 3.05) is 31.0 Å². The van der Waals surface area contributed by atoms with Gasteiger partial charge in [-0.15, -0.1) is 0 Å². The second kappa shape index (κ2) is 8.70. The average molecular weight is 425 g/mol. The number of ether oxygens (including phenoxy) is 1. The molecule has 30 heavy (non-hydrogen) atoms. The van der Waals surface area contributed by atoms with Crippen molar-refractivity contribution >= 4 is 35.3 Å². The van der Waals surface area contributed by atoms with Crippen molar-refractivity contribution in [3.8, 4) is 0 Å². The smallest absolute Gasteiger partial charge is 0.337 e. The summed E-state index contributed by atoms with van der Waals surface area (Å²) in [5.74, 6) is 0.470. The van der Waals surface area contributed by atoms with E-state index in [2.05, 4.69) is 59.2 Å². The minimum Gasteiger partial charge on any atom is -0.465 e. The Morgan fingerprint density at radius 1 is 1.17 bits per heavy atom. The molecule has 3 heterocycles. The summed E-state index contributed by atoms with van der Waals surface area (Å²) in [5.41, 5.74) is 3.80. The molecule has 1 aliphatic rings. The molecule has 4 rings (SSSR count). The van der Waals surface area contributed by atoms with Gasteiger partial charge >= 0.3 is 5.97 Å². The van der Waals surface area contributed by atoms with E-state index in [9.17, 15) is 4.79 Å². The number of hydrogen-bond acceptors (Lipinski definition) is 6. The van der Waals surface area contributed by atoms with Gasteiger partial charge in [0.2, 0.25) is 0 Å². The zero-order valence-electron chi connectivity index (χ0n) is 17.7. The zero-order chi connectivity index (χ0) is 21.3. The Morgan fingerprint density at radius 3 is 2.50 bits per heavy atom. The number of methoxy groups -OCH3 is 1. The first-order chi connectivity index (χ1) is 14.5. The zero-order valence-corrected chi connectivity index (χ0v) is 18.5. The minimum atomic E-state index is -0.319. The van der Waals surface area contributed by atoms with Crippen LogP contribution < -0.4 is 4.90 Å². The van der Waals surface area contributed by atoms with E-state index >= 15 is 0 Å². The third kappa shape index (κ3) is 4.04. The summed E-state index contributed by atoms with van der Waals surface area (Å²) in [6.45, 7) is 7.17. The first kappa shape index (κ1) is 20.8. The molecule has 0 aliphatic carbocycles. The van der Waals surface area contributed by atoms with Crippen molar-refractivity contribution in [2.24, 2.45) is 0 Å². The Kier molecular flexibility index (Phi) is 6.01. The number of pyridine rings is 1. The molecule has 0 N–H and O–H groups in total. The number of fused-ring (bicyclic) bond motifs is 1. The van der Waals surface area contributed by atoms with Crippen LogP contribution in [-0.2, 0) is 11.3 Å². The maximum Gasteiger partial charge on any atom is 0.337 e. The fourth-order valence-electron chi connectivity index (χ4n) is 4.27. The Balaban J connectivity index is 1.52. The molecule has 2 aromatic heterocycles. The van der Waals surface area contributed by atoms with Crippen LogP contribution >= 0.6 is 12.6 Å². The number of anilines is 1. The van der Waals surface area contributed by atoms with E-state index in [1.807, 2.05) is 18.3 Å². The Hall–Kier alpha value is -2.51. The van der Waals surface area contributed by atoms with Crippen LogP contribution in [0, 0.1) is 0 Å². The molecule has 1 aliphatic heterocycles. The molecule has 1 fully saturated rings. The maximum absolute atomic E-state index is 11.6. The van der Waals surface area contributed by atoms with Gasteiger partial charge in [-0.05, 0) is 43.7 Å². The van der Waals surface area contributed by atoms with E-state index in [1.165, 1.54) is 12.8 Å². The van der Waals surface area contributed by atoms with Crippen molar-refractivity contribution in [2.45, 2.75) is 32.5 Å². The first-order valence-corrected chi connectivity index (χ1v) is 10.9. The summed E-state index contributed by atoms with van der Waals surface area (Å²) >= 11 is 4.48. The fourth-order valence-corrected chi connectivity index (χ4v) is 4.83. The van der Waals surface area contributed by atoms with Gasteiger partial charge in [0.25, 0.3) is 0 Å². The first-order valence-electron chi connectivity index (χ1n) is 10.2. The topological polar surface area (TPSA) is 50.6 Å². The molecule has 0 radical (unpaired) electrons. The van der Waals surface area contributed by atoms with Gasteiger partial charge in [-0.25, -0.2) is 9.78 Å². The van der Waals surface area contributed by atoms with Crippen LogP contribution in [0.3, 0.4) is 0 Å². The number of thiol groups is 1. The maximum atomic E-state index is 11.6. The van der Waals surface area contributed by atoms with E-state index in [0.717, 1.165) is 35.6 Å². The number of esters is 1. The number of rotatable bonds is 5. The van der Waals surface area contributed by atoms with Crippen LogP contribution in [0.15, 0.2) is 48.8 Å². The second-order valence-electron chi connectivity index (χ2n) is 8.00. The monoisotopic (exact) mass is 424 g/mol. The quantitative estimate of drug-likeness (QED) is 0.500. The van der Waals surface area contributed by atoms with E-state index in [0.29, 0.717) is 24.2 Å². The van der Waals surface area contributed by atoms with Gasteiger partial charge in [-0.3, -0.25) is 4.90 Å². The molecule has 2 atom stereocenters. The predicted octanol–water partition coefficient (Wildman–Crippen LogP) is 3.66. The van der Waals surface area contributed by atoms with Crippen molar-refractivity contribution < 1.29 is 9.53 Å². The van der Waals surface area contributed by atoms with Crippen LogP contribution in [0.2, 0.25) is 0 Å². The van der Waals surface area contributed by atoms with Crippen LogP contribution in [0.4, 0.5) is 5.69 Å². The summed E-state index contributed by atoms with van der Waals surface area (Å²) in [5, 5.41) is 1.13. The van der Waals surface area contributed by atoms with Crippen molar-refractivity contribution in [3.63, 3.8) is 0 Å². The number of benzene rings is 1. The molecule has 1 saturated heterocycles. The molecule has 6 nitrogen and oxygen atoms in total. The number of carbonyl (C=O) groups is 1. The predicted molar refractivity (Wildman–Crippen MR) is 123 cm³/mol. The number of hydrogen-bond donors (Lipinski definition) is 1. The second-order valence-corrected chi connectivity index (χ2v) is 8.28. The Labute approximate surface area is 182 Å². The van der Waals surface area contributed by atoms with E-state index in [4.69, 9.17) is 9.72 Å². The summed E-state index contributed by atoms with van der Waals surface area (Å²) in [4.78, 5) is 21.2. The van der Waals surface area contributed by atoms with Crippen molar-refractivity contribution in [1.29, 1.82) is 0 Å². The van der Waals surface area contributed by atoms with Crippen molar-refractivity contribution in [3.05, 3.63) is 59.9 Å². The normalized spacial score (nSPS) is 19.9. The van der Waals surface area contributed by atoms with Gasteiger partial charge in [0, 0.05) is 49.2 Å². The summed E-state index contributed by atoms with van der Waals surface area (Å²) in [6.07, 6.45) is 4.05. The highest BCUT2D eigenvalue weighted by Crippen LogP contribution is 2.26. The molecule has 0 spiro atoms. The van der Waals surface area contributed by atoms with Gasteiger partial charge in [0.05, 0.1) is 24.6 Å². The van der Waals surface area contributed by atoms with Crippen molar-refractivity contribution in [1.82, 2.24) is 14.5 Å².